The van der Waals surface area contributed by atoms with E-state index >= 15 is 0 Å². The summed E-state index contributed by atoms with van der Waals surface area (Å²) in [5, 5.41) is 0. The summed E-state index contributed by atoms with van der Waals surface area (Å²) in [6.07, 6.45) is 9.57. The number of rotatable bonds is 5. The maximum Gasteiger partial charge on any atom is 0.410 e. The van der Waals surface area contributed by atoms with E-state index < -0.39 is 11.5 Å². The van der Waals surface area contributed by atoms with Crippen LogP contribution < -0.4 is 10.5 Å². The smallest absolute Gasteiger partial charge is 0.410 e. The standard InChI is InChI=1S/C28H33N3O4/c1-28(2,3)35-27(33)31-17-7-8-20(18-31)24-16-15-23(26(29)32)25(30-24)19-11-13-22(14-12-19)34-21-9-5-4-6-10-21/h5,9-16,20H,4,6-8,17-18H2,1-3H3,(H2,29,32). The number of carbonyl (C=O) groups is 2. The number of carbonyl (C=O) groups excluding carboxylic acids is 2. The average molecular weight is 476 g/mol. The number of nitrogens with two attached hydrogens (primary N) is 1. The highest BCUT2D eigenvalue weighted by Gasteiger charge is 2.29. The SMILES string of the molecule is CC(C)(C)OC(=O)N1CCCC(c2ccc(C(N)=O)c(-c3ccc(OC4=CCCC=C4)cc3)n2)C1. The number of hydrogen-bond acceptors (Lipinski definition) is 5. The molecule has 184 valence electrons. The van der Waals surface area contributed by atoms with Gasteiger partial charge in [0.15, 0.2) is 0 Å². The van der Waals surface area contributed by atoms with E-state index in [1.165, 1.54) is 0 Å². The van der Waals surface area contributed by atoms with Crippen molar-refractivity contribution in [3.63, 3.8) is 0 Å². The fourth-order valence-corrected chi connectivity index (χ4v) is 4.31. The molecule has 1 fully saturated rings. The topological polar surface area (TPSA) is 94.8 Å². The van der Waals surface area contributed by atoms with Gasteiger partial charge in [0.05, 0.1) is 11.3 Å². The van der Waals surface area contributed by atoms with Gasteiger partial charge in [0.1, 0.15) is 17.1 Å². The highest BCUT2D eigenvalue weighted by molar-refractivity contribution is 5.98. The molecule has 1 aliphatic carbocycles. The van der Waals surface area contributed by atoms with Crippen LogP contribution in [0.2, 0.25) is 0 Å². The molecule has 0 spiro atoms. The lowest BCUT2D eigenvalue weighted by Gasteiger charge is -2.34. The summed E-state index contributed by atoms with van der Waals surface area (Å²) in [6, 6.07) is 11.1. The number of piperidine rings is 1. The Morgan fingerprint density at radius 1 is 1.09 bits per heavy atom. The number of likely N-dealkylation sites (tertiary alicyclic amines) is 1. The molecule has 1 unspecified atom stereocenters. The maximum atomic E-state index is 12.6. The van der Waals surface area contributed by atoms with E-state index in [-0.39, 0.29) is 12.0 Å². The Morgan fingerprint density at radius 3 is 2.51 bits per heavy atom. The van der Waals surface area contributed by atoms with Crippen LogP contribution >= 0.6 is 0 Å². The molecule has 0 saturated carbocycles. The Hall–Kier alpha value is -3.61. The molecular formula is C28H33N3O4. The minimum Gasteiger partial charge on any atom is -0.458 e. The van der Waals surface area contributed by atoms with Gasteiger partial charge in [-0.1, -0.05) is 6.08 Å². The predicted octanol–water partition coefficient (Wildman–Crippen LogP) is 5.57. The zero-order chi connectivity index (χ0) is 25.0. The minimum atomic E-state index is -0.543. The summed E-state index contributed by atoms with van der Waals surface area (Å²) in [4.78, 5) is 31.4. The van der Waals surface area contributed by atoms with E-state index in [4.69, 9.17) is 20.2 Å². The van der Waals surface area contributed by atoms with Crippen LogP contribution in [-0.4, -0.2) is 40.6 Å². The normalized spacial score (nSPS) is 18.1. The average Bonchev–Trinajstić information content (AvgIpc) is 2.84. The molecule has 2 aliphatic rings. The van der Waals surface area contributed by atoms with Gasteiger partial charge in [-0.05, 0) is 95.0 Å². The second-order valence-electron chi connectivity index (χ2n) is 9.97. The van der Waals surface area contributed by atoms with Gasteiger partial charge in [-0.2, -0.15) is 0 Å². The maximum absolute atomic E-state index is 12.6. The Bertz CT molecular complexity index is 1150. The number of hydrogen-bond donors (Lipinski definition) is 1. The predicted molar refractivity (Wildman–Crippen MR) is 135 cm³/mol. The fraction of sp³-hybridized carbons (Fsp3) is 0.393. The Balaban J connectivity index is 1.56. The molecule has 2 N–H and O–H groups in total. The van der Waals surface area contributed by atoms with E-state index in [9.17, 15) is 9.59 Å². The summed E-state index contributed by atoms with van der Waals surface area (Å²) in [6.45, 7) is 6.77. The van der Waals surface area contributed by atoms with Crippen LogP contribution in [0.3, 0.4) is 0 Å². The van der Waals surface area contributed by atoms with Gasteiger partial charge in [-0.3, -0.25) is 9.78 Å². The summed E-state index contributed by atoms with van der Waals surface area (Å²) >= 11 is 0. The number of primary amides is 1. The Morgan fingerprint density at radius 2 is 1.86 bits per heavy atom. The number of allylic oxidation sites excluding steroid dienone is 3. The third-order valence-electron chi connectivity index (χ3n) is 6.00. The molecule has 1 saturated heterocycles. The number of amides is 2. The first-order valence-electron chi connectivity index (χ1n) is 12.1. The molecule has 2 aromatic rings. The molecule has 0 bridgehead atoms. The van der Waals surface area contributed by atoms with Gasteiger partial charge in [-0.25, -0.2) is 4.79 Å². The molecule has 1 aliphatic heterocycles. The molecule has 7 heteroatoms. The molecule has 35 heavy (non-hydrogen) atoms. The lowest BCUT2D eigenvalue weighted by Crippen LogP contribution is -2.42. The Labute approximate surface area is 206 Å². The second-order valence-corrected chi connectivity index (χ2v) is 9.97. The fourth-order valence-electron chi connectivity index (χ4n) is 4.31. The summed E-state index contributed by atoms with van der Waals surface area (Å²) in [5.74, 6) is 1.05. The summed E-state index contributed by atoms with van der Waals surface area (Å²) in [5.41, 5.74) is 7.63. The molecule has 1 aromatic heterocycles. The second kappa shape index (κ2) is 10.3. The van der Waals surface area contributed by atoms with Crippen molar-refractivity contribution < 1.29 is 19.1 Å². The molecule has 1 atom stereocenters. The van der Waals surface area contributed by atoms with Gasteiger partial charge in [0.2, 0.25) is 0 Å². The first-order valence-corrected chi connectivity index (χ1v) is 12.1. The van der Waals surface area contributed by atoms with Gasteiger partial charge in [-0.15, -0.1) is 0 Å². The third-order valence-corrected chi connectivity index (χ3v) is 6.00. The number of pyridine rings is 1. The van der Waals surface area contributed by atoms with Crippen LogP contribution in [0, 0.1) is 0 Å². The van der Waals surface area contributed by atoms with Crippen molar-refractivity contribution in [2.45, 2.75) is 58.0 Å². The molecular weight excluding hydrogens is 442 g/mol. The van der Waals surface area contributed by atoms with Crippen molar-refractivity contribution in [3.8, 4) is 17.0 Å². The van der Waals surface area contributed by atoms with Crippen molar-refractivity contribution in [3.05, 3.63) is 71.6 Å². The third kappa shape index (κ3) is 6.29. The summed E-state index contributed by atoms with van der Waals surface area (Å²) < 4.78 is 11.5. The van der Waals surface area contributed by atoms with Crippen molar-refractivity contribution in [1.82, 2.24) is 9.88 Å². The molecule has 2 amide bonds. The van der Waals surface area contributed by atoms with E-state index in [1.807, 2.05) is 57.2 Å². The largest absolute Gasteiger partial charge is 0.458 e. The zero-order valence-electron chi connectivity index (χ0n) is 20.6. The molecule has 4 rings (SSSR count). The number of nitrogens with zero attached hydrogens (tertiary/aromatic N) is 2. The van der Waals surface area contributed by atoms with Gasteiger partial charge in [0.25, 0.3) is 5.91 Å². The van der Waals surface area contributed by atoms with Gasteiger partial charge >= 0.3 is 6.09 Å². The van der Waals surface area contributed by atoms with Gasteiger partial charge < -0.3 is 20.1 Å². The van der Waals surface area contributed by atoms with Crippen molar-refractivity contribution in [2.24, 2.45) is 5.73 Å². The van der Waals surface area contributed by atoms with Crippen molar-refractivity contribution in [2.75, 3.05) is 13.1 Å². The minimum absolute atomic E-state index is 0.0459. The first kappa shape index (κ1) is 24.5. The van der Waals surface area contributed by atoms with Crippen LogP contribution in [0.4, 0.5) is 4.79 Å². The lowest BCUT2D eigenvalue weighted by molar-refractivity contribution is 0.0197. The van der Waals surface area contributed by atoms with Crippen molar-refractivity contribution in [1.29, 1.82) is 0 Å². The molecule has 7 nitrogen and oxygen atoms in total. The highest BCUT2D eigenvalue weighted by Crippen LogP contribution is 2.31. The summed E-state index contributed by atoms with van der Waals surface area (Å²) in [7, 11) is 0. The van der Waals surface area contributed by atoms with Crippen LogP contribution in [0.25, 0.3) is 11.3 Å². The zero-order valence-corrected chi connectivity index (χ0v) is 20.6. The van der Waals surface area contributed by atoms with Crippen molar-refractivity contribution >= 4 is 12.0 Å². The van der Waals surface area contributed by atoms with Crippen LogP contribution in [-0.2, 0) is 4.74 Å². The monoisotopic (exact) mass is 475 g/mol. The first-order chi connectivity index (χ1) is 16.7. The number of aromatic nitrogens is 1. The molecule has 2 heterocycles. The number of ether oxygens (including phenoxy) is 2. The van der Waals surface area contributed by atoms with Crippen LogP contribution in [0.1, 0.15) is 68.4 Å². The lowest BCUT2D eigenvalue weighted by atomic mass is 9.93. The highest BCUT2D eigenvalue weighted by atomic mass is 16.6. The van der Waals surface area contributed by atoms with Crippen LogP contribution in [0.15, 0.2) is 60.4 Å². The quantitative estimate of drug-likeness (QED) is 0.610. The van der Waals surface area contributed by atoms with E-state index in [2.05, 4.69) is 12.2 Å². The molecule has 1 aromatic carbocycles. The Kier molecular flexibility index (Phi) is 7.24. The molecule has 0 radical (unpaired) electrons. The van der Waals surface area contributed by atoms with E-state index in [1.54, 1.807) is 11.0 Å². The van der Waals surface area contributed by atoms with Crippen LogP contribution in [0.5, 0.6) is 5.75 Å². The van der Waals surface area contributed by atoms with E-state index in [0.717, 1.165) is 42.7 Å². The van der Waals surface area contributed by atoms with Gasteiger partial charge in [0, 0.05) is 30.3 Å². The van der Waals surface area contributed by atoms with E-state index in [0.29, 0.717) is 30.1 Å². The number of benzene rings is 1.